The molecular formula is C19H19N7O. The first-order valence-electron chi connectivity index (χ1n) is 8.14. The van der Waals surface area contributed by atoms with Gasteiger partial charge in [0.05, 0.1) is 0 Å². The molecule has 0 aliphatic carbocycles. The molecular weight excluding hydrogens is 342 g/mol. The largest absolute Gasteiger partial charge is 0.398 e. The van der Waals surface area contributed by atoms with Crippen LogP contribution in [-0.2, 0) is 4.79 Å². The maximum absolute atomic E-state index is 11.2. The van der Waals surface area contributed by atoms with Crippen LogP contribution in [0.15, 0.2) is 48.7 Å². The van der Waals surface area contributed by atoms with Crippen LogP contribution in [0.3, 0.4) is 0 Å². The molecule has 0 unspecified atom stereocenters. The average Bonchev–Trinajstić information content (AvgIpc) is 2.63. The summed E-state index contributed by atoms with van der Waals surface area (Å²) in [6.07, 6.45) is 2.76. The van der Waals surface area contributed by atoms with E-state index in [9.17, 15) is 4.79 Å². The summed E-state index contributed by atoms with van der Waals surface area (Å²) in [6, 6.07) is 12.6. The first kappa shape index (κ1) is 17.9. The van der Waals surface area contributed by atoms with E-state index in [2.05, 4.69) is 20.6 Å². The Morgan fingerprint density at radius 2 is 1.85 bits per heavy atom. The van der Waals surface area contributed by atoms with Gasteiger partial charge in [-0.05, 0) is 35.9 Å². The number of hydrogen-bond acceptors (Lipinski definition) is 7. The summed E-state index contributed by atoms with van der Waals surface area (Å²) < 4.78 is 0. The molecule has 2 aromatic carbocycles. The highest BCUT2D eigenvalue weighted by molar-refractivity contribution is 5.95. The molecule has 0 bridgehead atoms. The second-order valence-electron chi connectivity index (χ2n) is 5.85. The Bertz CT molecular complexity index is 999. The van der Waals surface area contributed by atoms with Gasteiger partial charge in [0.1, 0.15) is 5.82 Å². The lowest BCUT2D eigenvalue weighted by Gasteiger charge is -2.14. The Morgan fingerprint density at radius 3 is 2.48 bits per heavy atom. The Hall–Kier alpha value is -3.94. The van der Waals surface area contributed by atoms with Gasteiger partial charge in [-0.25, -0.2) is 4.98 Å². The van der Waals surface area contributed by atoms with E-state index < -0.39 is 0 Å². The van der Waals surface area contributed by atoms with Crippen LogP contribution in [-0.4, -0.2) is 22.1 Å². The van der Waals surface area contributed by atoms with E-state index in [0.29, 0.717) is 28.4 Å². The van der Waals surface area contributed by atoms with Crippen molar-refractivity contribution < 1.29 is 4.79 Å². The van der Waals surface area contributed by atoms with Crippen LogP contribution in [0.2, 0.25) is 0 Å². The number of nitrogens with two attached hydrogens (primary N) is 2. The summed E-state index contributed by atoms with van der Waals surface area (Å²) in [4.78, 5) is 19.1. The minimum Gasteiger partial charge on any atom is -0.398 e. The second kappa shape index (κ2) is 7.52. The molecule has 3 aromatic rings. The summed E-state index contributed by atoms with van der Waals surface area (Å²) in [7, 11) is 0. The summed E-state index contributed by atoms with van der Waals surface area (Å²) in [5, 5.41) is 13.5. The Balaban J connectivity index is 1.99. The SMILES string of the molecule is CC(=O)Nc1ccc(-c2cc(Nc3ccnc(N)n3)cc(C=N)c2N)cc1. The third-order valence-corrected chi connectivity index (χ3v) is 3.83. The van der Waals surface area contributed by atoms with Crippen molar-refractivity contribution in [1.29, 1.82) is 5.41 Å². The van der Waals surface area contributed by atoms with E-state index >= 15 is 0 Å². The van der Waals surface area contributed by atoms with Crippen LogP contribution in [0.25, 0.3) is 11.1 Å². The van der Waals surface area contributed by atoms with Crippen LogP contribution in [0.4, 0.5) is 28.8 Å². The second-order valence-corrected chi connectivity index (χ2v) is 5.85. The number of aromatic nitrogens is 2. The van der Waals surface area contributed by atoms with Crippen LogP contribution < -0.4 is 22.1 Å². The molecule has 0 spiro atoms. The number of benzene rings is 2. The van der Waals surface area contributed by atoms with Crippen LogP contribution in [0.5, 0.6) is 0 Å². The van der Waals surface area contributed by atoms with E-state index in [4.69, 9.17) is 16.9 Å². The third-order valence-electron chi connectivity index (χ3n) is 3.83. The summed E-state index contributed by atoms with van der Waals surface area (Å²) in [6.45, 7) is 1.46. The summed E-state index contributed by atoms with van der Waals surface area (Å²) in [5.74, 6) is 0.565. The zero-order valence-corrected chi connectivity index (χ0v) is 14.7. The number of nitrogens with one attached hydrogen (secondary N) is 3. The van der Waals surface area contributed by atoms with Gasteiger partial charge in [-0.3, -0.25) is 4.79 Å². The monoisotopic (exact) mass is 361 g/mol. The molecule has 0 aliphatic rings. The quantitative estimate of drug-likeness (QED) is 0.349. The predicted octanol–water partition coefficient (Wildman–Crippen LogP) is 3.01. The molecule has 0 aliphatic heterocycles. The normalized spacial score (nSPS) is 10.3. The molecule has 0 atom stereocenters. The van der Waals surface area contributed by atoms with Gasteiger partial charge >= 0.3 is 0 Å². The fraction of sp³-hybridized carbons (Fsp3) is 0.0526. The number of nitrogen functional groups attached to an aromatic ring is 2. The van der Waals surface area contributed by atoms with Crippen molar-refractivity contribution in [2.24, 2.45) is 0 Å². The van der Waals surface area contributed by atoms with Gasteiger partial charge in [-0.2, -0.15) is 4.98 Å². The maximum Gasteiger partial charge on any atom is 0.221 e. The van der Waals surface area contributed by atoms with Crippen molar-refractivity contribution in [2.45, 2.75) is 6.92 Å². The molecule has 0 fully saturated rings. The lowest BCUT2D eigenvalue weighted by Crippen LogP contribution is -2.05. The van der Waals surface area contributed by atoms with Crippen molar-refractivity contribution in [3.63, 3.8) is 0 Å². The number of carbonyl (C=O) groups is 1. The molecule has 8 nitrogen and oxygen atoms in total. The molecule has 0 saturated heterocycles. The number of rotatable bonds is 5. The van der Waals surface area contributed by atoms with Crippen molar-refractivity contribution in [1.82, 2.24) is 9.97 Å². The topological polar surface area (TPSA) is 143 Å². The molecule has 1 heterocycles. The molecule has 7 N–H and O–H groups in total. The molecule has 27 heavy (non-hydrogen) atoms. The Kier molecular flexibility index (Phi) is 4.98. The molecule has 0 radical (unpaired) electrons. The number of anilines is 5. The van der Waals surface area contributed by atoms with E-state index in [0.717, 1.165) is 11.1 Å². The highest BCUT2D eigenvalue weighted by Gasteiger charge is 2.10. The van der Waals surface area contributed by atoms with Crippen LogP contribution in [0.1, 0.15) is 12.5 Å². The van der Waals surface area contributed by atoms with Gasteiger partial charge in [-0.15, -0.1) is 0 Å². The number of hydrogen-bond donors (Lipinski definition) is 5. The van der Waals surface area contributed by atoms with Crippen molar-refractivity contribution in [2.75, 3.05) is 22.1 Å². The molecule has 3 rings (SSSR count). The lowest BCUT2D eigenvalue weighted by molar-refractivity contribution is -0.114. The highest BCUT2D eigenvalue weighted by atomic mass is 16.1. The van der Waals surface area contributed by atoms with Crippen molar-refractivity contribution >= 4 is 41.0 Å². The van der Waals surface area contributed by atoms with Gasteiger partial charge < -0.3 is 27.5 Å². The zero-order valence-electron chi connectivity index (χ0n) is 14.7. The fourth-order valence-electron chi connectivity index (χ4n) is 2.63. The van der Waals surface area contributed by atoms with E-state index in [-0.39, 0.29) is 11.9 Å². The Labute approximate surface area is 156 Å². The van der Waals surface area contributed by atoms with E-state index in [1.165, 1.54) is 13.1 Å². The van der Waals surface area contributed by atoms with Gasteiger partial charge in [0, 0.05) is 47.5 Å². The number of amides is 1. The first-order valence-corrected chi connectivity index (χ1v) is 8.14. The van der Waals surface area contributed by atoms with Gasteiger partial charge in [0.25, 0.3) is 0 Å². The maximum atomic E-state index is 11.2. The summed E-state index contributed by atoms with van der Waals surface area (Å²) in [5.41, 5.74) is 15.9. The van der Waals surface area contributed by atoms with Crippen molar-refractivity contribution in [3.05, 3.63) is 54.2 Å². The predicted molar refractivity (Wildman–Crippen MR) is 108 cm³/mol. The zero-order chi connectivity index (χ0) is 19.4. The third kappa shape index (κ3) is 4.18. The minimum absolute atomic E-state index is 0.135. The van der Waals surface area contributed by atoms with E-state index in [1.807, 2.05) is 18.2 Å². The molecule has 1 aromatic heterocycles. The van der Waals surface area contributed by atoms with Gasteiger partial charge in [0.15, 0.2) is 0 Å². The lowest BCUT2D eigenvalue weighted by atomic mass is 9.99. The van der Waals surface area contributed by atoms with Crippen LogP contribution in [0, 0.1) is 5.41 Å². The summed E-state index contributed by atoms with van der Waals surface area (Å²) >= 11 is 0. The number of nitrogens with zero attached hydrogens (tertiary/aromatic N) is 2. The smallest absolute Gasteiger partial charge is 0.221 e. The minimum atomic E-state index is -0.135. The molecule has 1 amide bonds. The molecule has 0 saturated carbocycles. The Morgan fingerprint density at radius 1 is 1.11 bits per heavy atom. The standard InChI is InChI=1S/C19H19N7O/c1-11(27)24-14-4-2-12(3-5-14)16-9-15(8-13(10-20)18(16)21)25-17-6-7-23-19(22)26-17/h2-10,20H,21H2,1H3,(H,24,27)(H3,22,23,25,26). The van der Waals surface area contributed by atoms with Crippen LogP contribution >= 0.6 is 0 Å². The highest BCUT2D eigenvalue weighted by Crippen LogP contribution is 2.33. The fourth-order valence-corrected chi connectivity index (χ4v) is 2.63. The van der Waals surface area contributed by atoms with Gasteiger partial charge in [-0.1, -0.05) is 12.1 Å². The first-order chi connectivity index (χ1) is 13.0. The number of carbonyl (C=O) groups excluding carboxylic acids is 1. The average molecular weight is 361 g/mol. The van der Waals surface area contributed by atoms with Crippen molar-refractivity contribution in [3.8, 4) is 11.1 Å². The molecule has 8 heteroatoms. The molecule has 136 valence electrons. The van der Waals surface area contributed by atoms with Gasteiger partial charge in [0.2, 0.25) is 11.9 Å². The van der Waals surface area contributed by atoms with E-state index in [1.54, 1.807) is 30.5 Å².